The lowest BCUT2D eigenvalue weighted by Crippen LogP contribution is -2.58. The van der Waals surface area contributed by atoms with Gasteiger partial charge >= 0.3 is 0 Å². The lowest BCUT2D eigenvalue weighted by atomic mass is 9.92. The van der Waals surface area contributed by atoms with E-state index in [-0.39, 0.29) is 5.60 Å². The predicted molar refractivity (Wildman–Crippen MR) is 70.3 cm³/mol. The third-order valence-corrected chi connectivity index (χ3v) is 3.89. The molecule has 0 aromatic carbocycles. The highest BCUT2D eigenvalue weighted by Crippen LogP contribution is 2.26. The zero-order chi connectivity index (χ0) is 12.3. The van der Waals surface area contributed by atoms with Gasteiger partial charge in [0, 0.05) is 38.6 Å². The average Bonchev–Trinajstić information content (AvgIpc) is 2.41. The molecule has 1 aromatic rings. The van der Waals surface area contributed by atoms with Gasteiger partial charge in [0.15, 0.2) is 0 Å². The summed E-state index contributed by atoms with van der Waals surface area (Å²) in [6.45, 7) is 6.02. The van der Waals surface area contributed by atoms with Crippen LogP contribution in [0.2, 0.25) is 0 Å². The zero-order valence-electron chi connectivity index (χ0n) is 10.8. The van der Waals surface area contributed by atoms with Crippen molar-refractivity contribution < 1.29 is 4.74 Å². The van der Waals surface area contributed by atoms with E-state index in [1.807, 2.05) is 18.5 Å². The van der Waals surface area contributed by atoms with Crippen molar-refractivity contribution in [2.75, 3.05) is 32.8 Å². The van der Waals surface area contributed by atoms with E-state index in [1.165, 1.54) is 18.4 Å². The minimum Gasteiger partial charge on any atom is -0.371 e. The number of hydrogen-bond acceptors (Lipinski definition) is 4. The molecule has 1 atom stereocenters. The van der Waals surface area contributed by atoms with Crippen molar-refractivity contribution >= 4 is 0 Å². The predicted octanol–water partition coefficient (Wildman–Crippen LogP) is 1.04. The normalized spacial score (nSPS) is 29.6. The number of nitrogens with zero attached hydrogens (tertiary/aromatic N) is 2. The zero-order valence-corrected chi connectivity index (χ0v) is 10.8. The summed E-state index contributed by atoms with van der Waals surface area (Å²) in [5.74, 6) is 0. The van der Waals surface area contributed by atoms with E-state index < -0.39 is 0 Å². The maximum absolute atomic E-state index is 6.05. The molecular formula is C14H21N3O. The van der Waals surface area contributed by atoms with Gasteiger partial charge in [-0.15, -0.1) is 0 Å². The van der Waals surface area contributed by atoms with Crippen LogP contribution in [0, 0.1) is 0 Å². The maximum Gasteiger partial charge on any atom is 0.0933 e. The van der Waals surface area contributed by atoms with Crippen molar-refractivity contribution in [3.63, 3.8) is 0 Å². The number of morpholine rings is 1. The Kier molecular flexibility index (Phi) is 3.59. The van der Waals surface area contributed by atoms with Gasteiger partial charge in [-0.05, 0) is 31.0 Å². The molecule has 4 nitrogen and oxygen atoms in total. The molecule has 1 spiro atoms. The topological polar surface area (TPSA) is 37.4 Å². The molecule has 2 aliphatic heterocycles. The Balaban J connectivity index is 1.63. The molecule has 3 heterocycles. The van der Waals surface area contributed by atoms with Gasteiger partial charge in [0.1, 0.15) is 0 Å². The number of aromatic nitrogens is 1. The van der Waals surface area contributed by atoms with E-state index in [2.05, 4.69) is 21.3 Å². The Bertz CT molecular complexity index is 370. The third kappa shape index (κ3) is 2.71. The second-order valence-electron chi connectivity index (χ2n) is 5.38. The van der Waals surface area contributed by atoms with Crippen molar-refractivity contribution in [2.45, 2.75) is 25.0 Å². The minimum absolute atomic E-state index is 0.0543. The van der Waals surface area contributed by atoms with Crippen LogP contribution in [0.3, 0.4) is 0 Å². The Hall–Kier alpha value is -0.970. The van der Waals surface area contributed by atoms with Crippen LogP contribution in [0.4, 0.5) is 0 Å². The Labute approximate surface area is 108 Å². The van der Waals surface area contributed by atoms with Gasteiger partial charge in [0.05, 0.1) is 12.2 Å². The summed E-state index contributed by atoms with van der Waals surface area (Å²) in [7, 11) is 0. The van der Waals surface area contributed by atoms with Crippen LogP contribution in [0.1, 0.15) is 18.4 Å². The second-order valence-corrected chi connectivity index (χ2v) is 5.38. The van der Waals surface area contributed by atoms with E-state index in [0.29, 0.717) is 0 Å². The summed E-state index contributed by atoms with van der Waals surface area (Å²) in [5, 5.41) is 3.47. The molecule has 0 aliphatic carbocycles. The Morgan fingerprint density at radius 2 is 2.50 bits per heavy atom. The summed E-state index contributed by atoms with van der Waals surface area (Å²) in [5.41, 5.74) is 1.34. The molecule has 0 saturated carbocycles. The van der Waals surface area contributed by atoms with Crippen molar-refractivity contribution in [1.82, 2.24) is 15.2 Å². The molecule has 2 fully saturated rings. The van der Waals surface area contributed by atoms with Crippen LogP contribution in [-0.4, -0.2) is 48.3 Å². The van der Waals surface area contributed by atoms with Gasteiger partial charge in [-0.2, -0.15) is 0 Å². The van der Waals surface area contributed by atoms with Crippen LogP contribution >= 0.6 is 0 Å². The Morgan fingerprint density at radius 3 is 3.28 bits per heavy atom. The molecule has 2 aliphatic rings. The van der Waals surface area contributed by atoms with Crippen molar-refractivity contribution in [1.29, 1.82) is 0 Å². The fraction of sp³-hybridized carbons (Fsp3) is 0.643. The molecule has 1 aromatic heterocycles. The van der Waals surface area contributed by atoms with Crippen LogP contribution < -0.4 is 5.32 Å². The SMILES string of the molecule is c1cncc(CN2CCOC3(CCCNC3)C2)c1. The monoisotopic (exact) mass is 247 g/mol. The minimum atomic E-state index is 0.0543. The fourth-order valence-electron chi connectivity index (χ4n) is 3.01. The van der Waals surface area contributed by atoms with E-state index in [4.69, 9.17) is 4.74 Å². The summed E-state index contributed by atoms with van der Waals surface area (Å²) >= 11 is 0. The third-order valence-electron chi connectivity index (χ3n) is 3.89. The van der Waals surface area contributed by atoms with E-state index >= 15 is 0 Å². The molecule has 2 saturated heterocycles. The molecule has 18 heavy (non-hydrogen) atoms. The Morgan fingerprint density at radius 1 is 1.50 bits per heavy atom. The quantitative estimate of drug-likeness (QED) is 0.847. The lowest BCUT2D eigenvalue weighted by Gasteiger charge is -2.45. The van der Waals surface area contributed by atoms with Gasteiger partial charge in [-0.25, -0.2) is 0 Å². The summed E-state index contributed by atoms with van der Waals surface area (Å²) in [6.07, 6.45) is 6.20. The molecule has 98 valence electrons. The number of ether oxygens (including phenoxy) is 1. The fourth-order valence-corrected chi connectivity index (χ4v) is 3.01. The van der Waals surface area contributed by atoms with Gasteiger partial charge in [0.2, 0.25) is 0 Å². The molecule has 4 heteroatoms. The first kappa shape index (κ1) is 12.1. The van der Waals surface area contributed by atoms with Gasteiger partial charge in [0.25, 0.3) is 0 Å². The smallest absolute Gasteiger partial charge is 0.0933 e. The van der Waals surface area contributed by atoms with Gasteiger partial charge < -0.3 is 10.1 Å². The van der Waals surface area contributed by atoms with E-state index in [9.17, 15) is 0 Å². The first-order chi connectivity index (χ1) is 8.86. The summed E-state index contributed by atoms with van der Waals surface area (Å²) < 4.78 is 6.05. The molecule has 1 N–H and O–H groups in total. The number of piperidine rings is 1. The average molecular weight is 247 g/mol. The largest absolute Gasteiger partial charge is 0.371 e. The number of pyridine rings is 1. The van der Waals surface area contributed by atoms with E-state index in [1.54, 1.807) is 0 Å². The highest BCUT2D eigenvalue weighted by atomic mass is 16.5. The maximum atomic E-state index is 6.05. The van der Waals surface area contributed by atoms with E-state index in [0.717, 1.165) is 39.3 Å². The molecule has 3 rings (SSSR count). The first-order valence-corrected chi connectivity index (χ1v) is 6.82. The van der Waals surface area contributed by atoms with Crippen LogP contribution in [-0.2, 0) is 11.3 Å². The highest BCUT2D eigenvalue weighted by molar-refractivity contribution is 5.08. The second kappa shape index (κ2) is 5.34. The van der Waals surface area contributed by atoms with Crippen molar-refractivity contribution in [3.05, 3.63) is 30.1 Å². The number of rotatable bonds is 2. The lowest BCUT2D eigenvalue weighted by molar-refractivity contribution is -0.121. The summed E-state index contributed by atoms with van der Waals surface area (Å²) in [6, 6.07) is 4.15. The molecule has 0 bridgehead atoms. The molecule has 0 radical (unpaired) electrons. The van der Waals surface area contributed by atoms with Crippen LogP contribution in [0.25, 0.3) is 0 Å². The van der Waals surface area contributed by atoms with Crippen molar-refractivity contribution in [3.8, 4) is 0 Å². The van der Waals surface area contributed by atoms with Gasteiger partial charge in [-0.3, -0.25) is 9.88 Å². The first-order valence-electron chi connectivity index (χ1n) is 6.82. The van der Waals surface area contributed by atoms with Crippen LogP contribution in [0.15, 0.2) is 24.5 Å². The van der Waals surface area contributed by atoms with Crippen LogP contribution in [0.5, 0.6) is 0 Å². The number of nitrogens with one attached hydrogen (secondary N) is 1. The standard InChI is InChI=1S/C14H21N3O/c1-3-13(9-15-5-1)10-17-7-8-18-14(12-17)4-2-6-16-11-14/h1,3,5,9,16H,2,4,6-8,10-12H2. The van der Waals surface area contributed by atoms with Gasteiger partial charge in [-0.1, -0.05) is 6.07 Å². The number of hydrogen-bond donors (Lipinski definition) is 1. The highest BCUT2D eigenvalue weighted by Gasteiger charge is 2.37. The molecular weight excluding hydrogens is 226 g/mol. The molecule has 1 unspecified atom stereocenters. The van der Waals surface area contributed by atoms with Crippen molar-refractivity contribution in [2.24, 2.45) is 0 Å². The summed E-state index contributed by atoms with van der Waals surface area (Å²) in [4.78, 5) is 6.68. The molecule has 0 amide bonds.